The summed E-state index contributed by atoms with van der Waals surface area (Å²) in [5, 5.41) is 0.152. The van der Waals surface area contributed by atoms with E-state index in [9.17, 15) is 9.18 Å². The number of rotatable bonds is 5. The van der Waals surface area contributed by atoms with Crippen LogP contribution in [-0.4, -0.2) is 12.4 Å². The molecule has 2 rings (SSSR count). The number of hydrogen-bond donors (Lipinski definition) is 0. The van der Waals surface area contributed by atoms with E-state index < -0.39 is 5.82 Å². The standard InChI is InChI=1S/C16H14ClFO2/c1-2-11-3-5-12(6-4-11)15(19)10-20-16-8-7-13(18)9-14(16)17/h3-9H,2,10H2,1H3. The van der Waals surface area contributed by atoms with Crippen molar-refractivity contribution in [3.8, 4) is 5.75 Å². The van der Waals surface area contributed by atoms with Crippen LogP contribution in [0.4, 0.5) is 4.39 Å². The Kier molecular flexibility index (Phi) is 4.74. The van der Waals surface area contributed by atoms with E-state index in [4.69, 9.17) is 16.3 Å². The zero-order valence-electron chi connectivity index (χ0n) is 11.0. The highest BCUT2D eigenvalue weighted by Crippen LogP contribution is 2.24. The van der Waals surface area contributed by atoms with E-state index in [1.54, 1.807) is 12.1 Å². The van der Waals surface area contributed by atoms with Gasteiger partial charge in [-0.25, -0.2) is 4.39 Å². The van der Waals surface area contributed by atoms with Crippen molar-refractivity contribution in [2.75, 3.05) is 6.61 Å². The smallest absolute Gasteiger partial charge is 0.200 e. The fourth-order valence-electron chi connectivity index (χ4n) is 1.75. The summed E-state index contributed by atoms with van der Waals surface area (Å²) in [6, 6.07) is 11.2. The van der Waals surface area contributed by atoms with Gasteiger partial charge in [-0.1, -0.05) is 42.8 Å². The minimum atomic E-state index is -0.441. The first-order chi connectivity index (χ1) is 9.60. The van der Waals surface area contributed by atoms with E-state index in [-0.39, 0.29) is 17.4 Å². The van der Waals surface area contributed by atoms with Crippen molar-refractivity contribution in [1.82, 2.24) is 0 Å². The van der Waals surface area contributed by atoms with Crippen LogP contribution in [0.5, 0.6) is 5.75 Å². The molecule has 0 aliphatic carbocycles. The molecule has 0 N–H and O–H groups in total. The Morgan fingerprint density at radius 3 is 2.50 bits per heavy atom. The molecule has 2 aromatic rings. The van der Waals surface area contributed by atoms with Crippen molar-refractivity contribution in [1.29, 1.82) is 0 Å². The number of ether oxygens (including phenoxy) is 1. The molecule has 0 aromatic heterocycles. The molecule has 0 aliphatic rings. The maximum Gasteiger partial charge on any atom is 0.200 e. The second kappa shape index (κ2) is 6.53. The molecule has 0 atom stereocenters. The highest BCUT2D eigenvalue weighted by molar-refractivity contribution is 6.32. The lowest BCUT2D eigenvalue weighted by atomic mass is 10.1. The van der Waals surface area contributed by atoms with Gasteiger partial charge in [-0.05, 0) is 30.2 Å². The largest absolute Gasteiger partial charge is 0.484 e. The molecule has 0 aliphatic heterocycles. The number of hydrogen-bond acceptors (Lipinski definition) is 2. The lowest BCUT2D eigenvalue weighted by Gasteiger charge is -2.07. The molecule has 2 aromatic carbocycles. The van der Waals surface area contributed by atoms with E-state index >= 15 is 0 Å². The summed E-state index contributed by atoms with van der Waals surface area (Å²) in [5.41, 5.74) is 1.75. The monoisotopic (exact) mass is 292 g/mol. The number of halogens is 2. The third-order valence-corrected chi connectivity index (χ3v) is 3.23. The van der Waals surface area contributed by atoms with Crippen molar-refractivity contribution in [2.24, 2.45) is 0 Å². The van der Waals surface area contributed by atoms with Crippen LogP contribution in [0.15, 0.2) is 42.5 Å². The molecule has 2 nitrogen and oxygen atoms in total. The Morgan fingerprint density at radius 2 is 1.90 bits per heavy atom. The van der Waals surface area contributed by atoms with Crippen LogP contribution in [0, 0.1) is 5.82 Å². The van der Waals surface area contributed by atoms with E-state index in [2.05, 4.69) is 6.92 Å². The van der Waals surface area contributed by atoms with E-state index in [1.165, 1.54) is 17.7 Å². The molecular weight excluding hydrogens is 279 g/mol. The van der Waals surface area contributed by atoms with Gasteiger partial charge in [0.2, 0.25) is 0 Å². The molecule has 20 heavy (non-hydrogen) atoms. The molecule has 4 heteroatoms. The van der Waals surface area contributed by atoms with Gasteiger partial charge in [0.25, 0.3) is 0 Å². The number of carbonyl (C=O) groups excluding carboxylic acids is 1. The zero-order chi connectivity index (χ0) is 14.5. The summed E-state index contributed by atoms with van der Waals surface area (Å²) >= 11 is 5.82. The minimum Gasteiger partial charge on any atom is -0.484 e. The van der Waals surface area contributed by atoms with Gasteiger partial charge >= 0.3 is 0 Å². The van der Waals surface area contributed by atoms with Gasteiger partial charge in [0.15, 0.2) is 12.4 Å². The first-order valence-corrected chi connectivity index (χ1v) is 6.68. The fraction of sp³-hybridized carbons (Fsp3) is 0.188. The molecule has 0 amide bonds. The molecule has 0 saturated heterocycles. The number of Topliss-reactive ketones (excluding diaryl/α,β-unsaturated/α-hetero) is 1. The average Bonchev–Trinajstić information content (AvgIpc) is 2.46. The molecule has 0 radical (unpaired) electrons. The summed E-state index contributed by atoms with van der Waals surface area (Å²) in [4.78, 5) is 12.0. The Morgan fingerprint density at radius 1 is 1.20 bits per heavy atom. The first kappa shape index (κ1) is 14.5. The predicted octanol–water partition coefficient (Wildman–Crippen LogP) is 4.30. The molecule has 0 fully saturated rings. The van der Waals surface area contributed by atoms with Gasteiger partial charge in [0.1, 0.15) is 11.6 Å². The number of ketones is 1. The second-order valence-electron chi connectivity index (χ2n) is 4.34. The number of aryl methyl sites for hydroxylation is 1. The van der Waals surface area contributed by atoms with Gasteiger partial charge in [0.05, 0.1) is 5.02 Å². The van der Waals surface area contributed by atoms with Gasteiger partial charge in [-0.15, -0.1) is 0 Å². The van der Waals surface area contributed by atoms with Gasteiger partial charge in [-0.3, -0.25) is 4.79 Å². The Hall–Kier alpha value is -1.87. The molecule has 0 heterocycles. The minimum absolute atomic E-state index is 0.128. The Labute approximate surface area is 122 Å². The molecule has 104 valence electrons. The SMILES string of the molecule is CCc1ccc(C(=O)COc2ccc(F)cc2Cl)cc1. The van der Waals surface area contributed by atoms with Gasteiger partial charge < -0.3 is 4.74 Å². The Balaban J connectivity index is 2.00. The Bertz CT molecular complexity index is 608. The van der Waals surface area contributed by atoms with E-state index in [0.717, 1.165) is 12.5 Å². The van der Waals surface area contributed by atoms with Gasteiger partial charge in [0, 0.05) is 5.56 Å². The lowest BCUT2D eigenvalue weighted by Crippen LogP contribution is -2.11. The number of carbonyl (C=O) groups is 1. The van der Waals surface area contributed by atoms with Crippen molar-refractivity contribution in [3.63, 3.8) is 0 Å². The quantitative estimate of drug-likeness (QED) is 0.768. The van der Waals surface area contributed by atoms with Crippen molar-refractivity contribution >= 4 is 17.4 Å². The molecule has 0 saturated carbocycles. The van der Waals surface area contributed by atoms with Crippen LogP contribution in [0.2, 0.25) is 5.02 Å². The second-order valence-corrected chi connectivity index (χ2v) is 4.74. The first-order valence-electron chi connectivity index (χ1n) is 6.30. The molecule has 0 spiro atoms. The summed E-state index contributed by atoms with van der Waals surface area (Å²) in [6.07, 6.45) is 0.927. The van der Waals surface area contributed by atoms with Crippen molar-refractivity contribution in [2.45, 2.75) is 13.3 Å². The predicted molar refractivity (Wildman–Crippen MR) is 77.1 cm³/mol. The maximum absolute atomic E-state index is 12.9. The highest BCUT2D eigenvalue weighted by Gasteiger charge is 2.09. The molecule has 0 unspecified atom stereocenters. The van der Waals surface area contributed by atoms with Crippen LogP contribution in [0.1, 0.15) is 22.8 Å². The molecule has 0 bridgehead atoms. The third kappa shape index (κ3) is 3.58. The molecular formula is C16H14ClFO2. The van der Waals surface area contributed by atoms with Crippen LogP contribution in [-0.2, 0) is 6.42 Å². The van der Waals surface area contributed by atoms with Crippen LogP contribution in [0.3, 0.4) is 0 Å². The fourth-order valence-corrected chi connectivity index (χ4v) is 1.97. The lowest BCUT2D eigenvalue weighted by molar-refractivity contribution is 0.0921. The van der Waals surface area contributed by atoms with Crippen LogP contribution < -0.4 is 4.74 Å². The maximum atomic E-state index is 12.9. The summed E-state index contributed by atoms with van der Waals surface area (Å²) < 4.78 is 18.2. The van der Waals surface area contributed by atoms with Crippen molar-refractivity contribution < 1.29 is 13.9 Å². The van der Waals surface area contributed by atoms with Gasteiger partial charge in [-0.2, -0.15) is 0 Å². The average molecular weight is 293 g/mol. The summed E-state index contributed by atoms with van der Waals surface area (Å²) in [6.45, 7) is 1.92. The van der Waals surface area contributed by atoms with Crippen LogP contribution in [0.25, 0.3) is 0 Å². The zero-order valence-corrected chi connectivity index (χ0v) is 11.8. The summed E-state index contributed by atoms with van der Waals surface area (Å²) in [7, 11) is 0. The van der Waals surface area contributed by atoms with Crippen molar-refractivity contribution in [3.05, 3.63) is 64.4 Å². The summed E-state index contributed by atoms with van der Waals surface area (Å²) in [5.74, 6) is -0.288. The normalized spacial score (nSPS) is 10.3. The highest BCUT2D eigenvalue weighted by atomic mass is 35.5. The third-order valence-electron chi connectivity index (χ3n) is 2.94. The van der Waals surface area contributed by atoms with E-state index in [0.29, 0.717) is 11.3 Å². The van der Waals surface area contributed by atoms with E-state index in [1.807, 2.05) is 12.1 Å². The number of benzene rings is 2. The van der Waals surface area contributed by atoms with Crippen LogP contribution >= 0.6 is 11.6 Å². The topological polar surface area (TPSA) is 26.3 Å².